The molecular weight excluding hydrogens is 380 g/mol. The lowest BCUT2D eigenvalue weighted by Crippen LogP contribution is -2.55. The van der Waals surface area contributed by atoms with Crippen LogP contribution in [0, 0.1) is 19.8 Å². The maximum Gasteiger partial charge on any atom is 0.325 e. The summed E-state index contributed by atoms with van der Waals surface area (Å²) in [6.07, 6.45) is 3.60. The monoisotopic (exact) mass is 412 g/mol. The Bertz CT molecular complexity index is 862. The molecule has 1 saturated carbocycles. The molecule has 3 aliphatic rings. The van der Waals surface area contributed by atoms with E-state index in [1.165, 1.54) is 16.8 Å². The highest BCUT2D eigenvalue weighted by atomic mass is 16.2. The summed E-state index contributed by atoms with van der Waals surface area (Å²) in [4.78, 5) is 43.8. The molecule has 0 radical (unpaired) electrons. The van der Waals surface area contributed by atoms with Gasteiger partial charge in [-0.25, -0.2) is 4.79 Å². The molecule has 4 rings (SSSR count). The molecule has 0 bridgehead atoms. The highest BCUT2D eigenvalue weighted by Gasteiger charge is 2.55. The van der Waals surface area contributed by atoms with Gasteiger partial charge in [0.05, 0.1) is 0 Å². The third-order valence-electron chi connectivity index (χ3n) is 7.34. The number of aryl methyl sites for hydroxylation is 1. The normalized spacial score (nSPS) is 27.0. The lowest BCUT2D eigenvalue weighted by Gasteiger charge is -2.38. The minimum Gasteiger partial charge on any atom is -0.368 e. The minimum absolute atomic E-state index is 0.101. The number of imide groups is 1. The Labute approximate surface area is 178 Å². The molecule has 1 N–H and O–H groups in total. The standard InChI is InChI=1S/C23H32N4O3/c1-16-7-6-9-19(18(16)3)25-11-13-26(14-12-25)20(28)15-27-21(29)23(24-22(27)30)10-5-4-8-17(23)2/h6-7,9,17H,4-5,8,10-15H2,1-3H3,(H,24,30)/t17-,23+/m1/s1. The van der Waals surface area contributed by atoms with Crippen LogP contribution in [0.3, 0.4) is 0 Å². The third kappa shape index (κ3) is 3.44. The number of hydrogen-bond donors (Lipinski definition) is 1. The Hall–Kier alpha value is -2.57. The topological polar surface area (TPSA) is 73.0 Å². The summed E-state index contributed by atoms with van der Waals surface area (Å²) >= 11 is 0. The van der Waals surface area contributed by atoms with E-state index in [1.54, 1.807) is 4.90 Å². The van der Waals surface area contributed by atoms with Gasteiger partial charge in [0.1, 0.15) is 12.1 Å². The zero-order valence-electron chi connectivity index (χ0n) is 18.2. The van der Waals surface area contributed by atoms with Crippen LogP contribution in [0.15, 0.2) is 18.2 Å². The zero-order chi connectivity index (χ0) is 21.5. The average Bonchev–Trinajstić information content (AvgIpc) is 2.97. The Kier molecular flexibility index (Phi) is 5.47. The molecule has 0 aromatic heterocycles. The second-order valence-corrected chi connectivity index (χ2v) is 9.03. The predicted molar refractivity (Wildman–Crippen MR) is 115 cm³/mol. The summed E-state index contributed by atoms with van der Waals surface area (Å²) in [6, 6.07) is 5.87. The molecule has 162 valence electrons. The summed E-state index contributed by atoms with van der Waals surface area (Å²) in [6.45, 7) is 8.78. The fraction of sp³-hybridized carbons (Fsp3) is 0.609. The fourth-order valence-electron chi connectivity index (χ4n) is 5.15. The Balaban J connectivity index is 1.38. The van der Waals surface area contributed by atoms with Gasteiger partial charge in [0.2, 0.25) is 5.91 Å². The molecule has 2 heterocycles. The van der Waals surface area contributed by atoms with E-state index in [4.69, 9.17) is 0 Å². The van der Waals surface area contributed by atoms with Crippen molar-refractivity contribution in [1.82, 2.24) is 15.1 Å². The van der Waals surface area contributed by atoms with Crippen LogP contribution in [0.2, 0.25) is 0 Å². The van der Waals surface area contributed by atoms with Crippen molar-refractivity contribution < 1.29 is 14.4 Å². The van der Waals surface area contributed by atoms with Crippen LogP contribution in [-0.2, 0) is 9.59 Å². The summed E-state index contributed by atoms with van der Waals surface area (Å²) in [7, 11) is 0. The molecule has 30 heavy (non-hydrogen) atoms. The number of hydrogen-bond acceptors (Lipinski definition) is 4. The van der Waals surface area contributed by atoms with Gasteiger partial charge in [-0.1, -0.05) is 31.9 Å². The highest BCUT2D eigenvalue weighted by molar-refractivity contribution is 6.09. The van der Waals surface area contributed by atoms with Gasteiger partial charge in [-0.3, -0.25) is 14.5 Å². The Morgan fingerprint density at radius 3 is 2.57 bits per heavy atom. The maximum absolute atomic E-state index is 13.1. The number of urea groups is 1. The molecule has 2 aliphatic heterocycles. The van der Waals surface area contributed by atoms with Gasteiger partial charge in [0, 0.05) is 31.9 Å². The van der Waals surface area contributed by atoms with E-state index in [-0.39, 0.29) is 24.3 Å². The lowest BCUT2D eigenvalue weighted by molar-refractivity contribution is -0.140. The zero-order valence-corrected chi connectivity index (χ0v) is 18.2. The molecule has 1 aliphatic carbocycles. The molecular formula is C23H32N4O3. The molecule has 0 unspecified atom stereocenters. The van der Waals surface area contributed by atoms with Gasteiger partial charge in [0.15, 0.2) is 0 Å². The van der Waals surface area contributed by atoms with Crippen molar-refractivity contribution in [3.63, 3.8) is 0 Å². The quantitative estimate of drug-likeness (QED) is 0.774. The second kappa shape index (κ2) is 7.93. The van der Waals surface area contributed by atoms with Crippen molar-refractivity contribution in [3.8, 4) is 0 Å². The first-order valence-electron chi connectivity index (χ1n) is 11.1. The number of carbonyl (C=O) groups excluding carboxylic acids is 3. The molecule has 1 spiro atoms. The van der Waals surface area contributed by atoms with E-state index < -0.39 is 11.6 Å². The third-order valence-corrected chi connectivity index (χ3v) is 7.34. The average molecular weight is 413 g/mol. The van der Waals surface area contributed by atoms with Gasteiger partial charge in [-0.05, 0) is 49.8 Å². The molecule has 2 saturated heterocycles. The number of carbonyl (C=O) groups is 3. The number of piperazine rings is 1. The predicted octanol–water partition coefficient (Wildman–Crippen LogP) is 2.45. The van der Waals surface area contributed by atoms with Gasteiger partial charge in [-0.2, -0.15) is 0 Å². The van der Waals surface area contributed by atoms with Crippen molar-refractivity contribution in [2.45, 2.75) is 52.0 Å². The van der Waals surface area contributed by atoms with Crippen LogP contribution in [0.5, 0.6) is 0 Å². The van der Waals surface area contributed by atoms with Crippen LogP contribution in [0.25, 0.3) is 0 Å². The van der Waals surface area contributed by atoms with Crippen molar-refractivity contribution >= 4 is 23.5 Å². The van der Waals surface area contributed by atoms with Crippen molar-refractivity contribution in [2.24, 2.45) is 5.92 Å². The second-order valence-electron chi connectivity index (χ2n) is 9.03. The molecule has 1 aromatic carbocycles. The van der Waals surface area contributed by atoms with Gasteiger partial charge >= 0.3 is 6.03 Å². The van der Waals surface area contributed by atoms with Crippen molar-refractivity contribution in [3.05, 3.63) is 29.3 Å². The first-order valence-corrected chi connectivity index (χ1v) is 11.1. The maximum atomic E-state index is 13.1. The number of anilines is 1. The molecule has 2 atom stereocenters. The number of nitrogens with one attached hydrogen (secondary N) is 1. The molecule has 7 nitrogen and oxygen atoms in total. The number of benzene rings is 1. The van der Waals surface area contributed by atoms with E-state index in [2.05, 4.69) is 42.3 Å². The summed E-state index contributed by atoms with van der Waals surface area (Å²) < 4.78 is 0. The first-order chi connectivity index (χ1) is 14.3. The first kappa shape index (κ1) is 20.7. The van der Waals surface area contributed by atoms with E-state index >= 15 is 0 Å². The molecule has 4 amide bonds. The summed E-state index contributed by atoms with van der Waals surface area (Å²) in [5.74, 6) is -0.273. The summed E-state index contributed by atoms with van der Waals surface area (Å²) in [5.41, 5.74) is 2.93. The van der Waals surface area contributed by atoms with Crippen LogP contribution < -0.4 is 10.2 Å². The Morgan fingerprint density at radius 1 is 1.13 bits per heavy atom. The van der Waals surface area contributed by atoms with Crippen molar-refractivity contribution in [1.29, 1.82) is 0 Å². The lowest BCUT2D eigenvalue weighted by atomic mass is 9.73. The van der Waals surface area contributed by atoms with Crippen LogP contribution in [0.1, 0.15) is 43.7 Å². The number of nitrogens with zero attached hydrogens (tertiary/aromatic N) is 3. The van der Waals surface area contributed by atoms with Crippen molar-refractivity contribution in [2.75, 3.05) is 37.6 Å². The SMILES string of the molecule is Cc1cccc(N2CCN(C(=O)CN3C(=O)N[C@]4(CCCC[C@H]4C)C3=O)CC2)c1C. The van der Waals surface area contributed by atoms with Crippen LogP contribution in [0.4, 0.5) is 10.5 Å². The van der Waals surface area contributed by atoms with E-state index in [1.807, 2.05) is 6.92 Å². The minimum atomic E-state index is -0.809. The van der Waals surface area contributed by atoms with Gasteiger partial charge in [0.25, 0.3) is 5.91 Å². The van der Waals surface area contributed by atoms with Crippen LogP contribution in [-0.4, -0.2) is 65.9 Å². The Morgan fingerprint density at radius 2 is 1.87 bits per heavy atom. The molecule has 1 aromatic rings. The number of rotatable bonds is 3. The molecule has 3 fully saturated rings. The largest absolute Gasteiger partial charge is 0.368 e. The van der Waals surface area contributed by atoms with Gasteiger partial charge < -0.3 is 15.1 Å². The fourth-order valence-corrected chi connectivity index (χ4v) is 5.15. The number of amides is 4. The highest BCUT2D eigenvalue weighted by Crippen LogP contribution is 2.38. The van der Waals surface area contributed by atoms with E-state index in [0.29, 0.717) is 19.5 Å². The molecule has 7 heteroatoms. The smallest absolute Gasteiger partial charge is 0.325 e. The summed E-state index contributed by atoms with van der Waals surface area (Å²) in [5, 5.41) is 2.93. The van der Waals surface area contributed by atoms with Gasteiger partial charge in [-0.15, -0.1) is 0 Å². The van der Waals surface area contributed by atoms with E-state index in [0.717, 1.165) is 37.3 Å². The van der Waals surface area contributed by atoms with Crippen LogP contribution >= 0.6 is 0 Å². The van der Waals surface area contributed by atoms with E-state index in [9.17, 15) is 14.4 Å².